The van der Waals surface area contributed by atoms with Gasteiger partial charge in [0.25, 0.3) is 0 Å². The Labute approximate surface area is 178 Å². The third-order valence-electron chi connectivity index (χ3n) is 4.54. The summed E-state index contributed by atoms with van der Waals surface area (Å²) >= 11 is 0. The van der Waals surface area contributed by atoms with Crippen LogP contribution in [0.3, 0.4) is 0 Å². The molecule has 1 atom stereocenters. The maximum Gasteiger partial charge on any atom is 0.186 e. The molecule has 1 unspecified atom stereocenters. The molecule has 4 heteroatoms. The Hall–Kier alpha value is -1.06. The van der Waals surface area contributed by atoms with Crippen molar-refractivity contribution >= 4 is 38.3 Å². The molecule has 0 aliphatic heterocycles. The summed E-state index contributed by atoms with van der Waals surface area (Å²) in [6.45, 7) is 15.6. The molecule has 0 heterocycles. The van der Waals surface area contributed by atoms with Crippen LogP contribution in [-0.4, -0.2) is 31.0 Å². The predicted molar refractivity (Wildman–Crippen MR) is 120 cm³/mol. The van der Waals surface area contributed by atoms with Crippen molar-refractivity contribution in [2.45, 2.75) is 60.3 Å². The Morgan fingerprint density at radius 2 is 1.59 bits per heavy atom. The van der Waals surface area contributed by atoms with Crippen molar-refractivity contribution in [2.24, 2.45) is 0 Å². The standard InChI is InChI=1S/C23H31O2P.Li/c1-8-11-25-19-9-10-20(15(2)14-19)26-22(24)21-16(3)12-18(13-17(21)4)23(5,6)7;/h9-10,12-14,26H,8,11H2,1-7H3;. The van der Waals surface area contributed by atoms with E-state index in [1.54, 1.807) is 0 Å². The molecule has 0 aliphatic carbocycles. The summed E-state index contributed by atoms with van der Waals surface area (Å²) in [5.74, 6) is 0.882. The Balaban J connectivity index is 0.00000364. The largest absolute Gasteiger partial charge is 0.494 e. The van der Waals surface area contributed by atoms with Gasteiger partial charge in [-0.3, -0.25) is 4.79 Å². The quantitative estimate of drug-likeness (QED) is 0.493. The molecule has 0 bridgehead atoms. The van der Waals surface area contributed by atoms with Crippen LogP contribution in [0.2, 0.25) is 0 Å². The summed E-state index contributed by atoms with van der Waals surface area (Å²) in [5, 5.41) is 1.09. The van der Waals surface area contributed by atoms with Crippen LogP contribution >= 0.6 is 8.58 Å². The minimum atomic E-state index is 0. The molecule has 0 aromatic heterocycles. The molecule has 0 spiro atoms. The SMILES string of the molecule is CCCOc1ccc(PC(=O)c2c(C)cc(C(C)(C)C)cc2C)c(C)c1.[Li]. The Morgan fingerprint density at radius 1 is 1.00 bits per heavy atom. The molecule has 2 aromatic rings. The van der Waals surface area contributed by atoms with Crippen LogP contribution < -0.4 is 10.0 Å². The van der Waals surface area contributed by atoms with Crippen LogP contribution in [0.5, 0.6) is 5.75 Å². The fourth-order valence-electron chi connectivity index (χ4n) is 3.03. The molecule has 0 amide bonds. The molecular formula is C23H31LiO2P. The first-order chi connectivity index (χ1) is 12.1. The average molecular weight is 377 g/mol. The van der Waals surface area contributed by atoms with Crippen molar-refractivity contribution in [3.63, 3.8) is 0 Å². The predicted octanol–water partition coefficient (Wildman–Crippen LogP) is 5.46. The van der Waals surface area contributed by atoms with E-state index in [1.165, 1.54) is 5.56 Å². The summed E-state index contributed by atoms with van der Waals surface area (Å²) in [4.78, 5) is 13.0. The molecular weight excluding hydrogens is 346 g/mol. The zero-order chi connectivity index (χ0) is 19.5. The van der Waals surface area contributed by atoms with Gasteiger partial charge in [-0.1, -0.05) is 45.9 Å². The second kappa shape index (κ2) is 9.93. The number of carbonyl (C=O) groups is 1. The van der Waals surface area contributed by atoms with Gasteiger partial charge in [-0.05, 0) is 80.9 Å². The van der Waals surface area contributed by atoms with Crippen molar-refractivity contribution in [3.05, 3.63) is 58.1 Å². The van der Waals surface area contributed by atoms with E-state index in [2.05, 4.69) is 60.6 Å². The van der Waals surface area contributed by atoms with E-state index < -0.39 is 0 Å². The summed E-state index contributed by atoms with van der Waals surface area (Å²) in [6.07, 6.45) is 0.990. The van der Waals surface area contributed by atoms with E-state index in [9.17, 15) is 4.79 Å². The van der Waals surface area contributed by atoms with Crippen molar-refractivity contribution in [3.8, 4) is 5.75 Å². The van der Waals surface area contributed by atoms with Gasteiger partial charge in [0.05, 0.1) is 6.61 Å². The second-order valence-electron chi connectivity index (χ2n) is 8.01. The minimum Gasteiger partial charge on any atom is -0.494 e. The van der Waals surface area contributed by atoms with Gasteiger partial charge in [0.2, 0.25) is 0 Å². The van der Waals surface area contributed by atoms with Gasteiger partial charge in [-0.25, -0.2) is 0 Å². The van der Waals surface area contributed by atoms with Crippen molar-refractivity contribution in [1.29, 1.82) is 0 Å². The number of aryl methyl sites for hydroxylation is 3. The van der Waals surface area contributed by atoms with Gasteiger partial charge in [0.15, 0.2) is 5.52 Å². The van der Waals surface area contributed by atoms with E-state index in [-0.39, 0.29) is 38.4 Å². The zero-order valence-electron chi connectivity index (χ0n) is 18.1. The number of carbonyl (C=O) groups excluding carboxylic acids is 1. The van der Waals surface area contributed by atoms with Gasteiger partial charge in [0.1, 0.15) is 5.75 Å². The summed E-state index contributed by atoms with van der Waals surface area (Å²) < 4.78 is 5.68. The number of rotatable bonds is 6. The Bertz CT molecular complexity index is 784. The molecule has 27 heavy (non-hydrogen) atoms. The van der Waals surface area contributed by atoms with E-state index in [0.29, 0.717) is 0 Å². The molecule has 0 aliphatic rings. The second-order valence-corrected chi connectivity index (χ2v) is 9.26. The Kier molecular flexibility index (Phi) is 8.82. The van der Waals surface area contributed by atoms with Gasteiger partial charge < -0.3 is 4.74 Å². The first-order valence-corrected chi connectivity index (χ1v) is 10.3. The van der Waals surface area contributed by atoms with Crippen LogP contribution in [-0.2, 0) is 5.41 Å². The molecule has 1 radical (unpaired) electrons. The van der Waals surface area contributed by atoms with Crippen LogP contribution in [0.4, 0.5) is 0 Å². The third-order valence-corrected chi connectivity index (χ3v) is 5.85. The number of hydrogen-bond acceptors (Lipinski definition) is 2. The van der Waals surface area contributed by atoms with Crippen LogP contribution in [0.25, 0.3) is 0 Å². The van der Waals surface area contributed by atoms with Gasteiger partial charge in [-0.15, -0.1) is 0 Å². The van der Waals surface area contributed by atoms with Crippen molar-refractivity contribution in [2.75, 3.05) is 6.61 Å². The van der Waals surface area contributed by atoms with Crippen LogP contribution in [0.15, 0.2) is 30.3 Å². The Morgan fingerprint density at radius 3 is 2.07 bits per heavy atom. The molecule has 2 aromatic carbocycles. The number of hydrogen-bond donors (Lipinski definition) is 0. The molecule has 0 saturated heterocycles. The molecule has 0 N–H and O–H groups in total. The van der Waals surface area contributed by atoms with Crippen LogP contribution in [0, 0.1) is 20.8 Å². The average Bonchev–Trinajstić information content (AvgIpc) is 2.53. The smallest absolute Gasteiger partial charge is 0.186 e. The fourth-order valence-corrected chi connectivity index (χ4v) is 4.23. The number of benzene rings is 2. The van der Waals surface area contributed by atoms with Crippen LogP contribution in [0.1, 0.15) is 66.7 Å². The van der Waals surface area contributed by atoms with Gasteiger partial charge >= 0.3 is 0 Å². The molecule has 141 valence electrons. The van der Waals surface area contributed by atoms with Crippen molar-refractivity contribution in [1.82, 2.24) is 0 Å². The van der Waals surface area contributed by atoms with E-state index >= 15 is 0 Å². The summed E-state index contributed by atoms with van der Waals surface area (Å²) in [6, 6.07) is 10.4. The summed E-state index contributed by atoms with van der Waals surface area (Å²) in [5.41, 5.74) is 5.73. The third kappa shape index (κ3) is 6.22. The van der Waals surface area contributed by atoms with Gasteiger partial charge in [0, 0.05) is 24.4 Å². The normalized spacial score (nSPS) is 11.5. The minimum absolute atomic E-state index is 0. The maximum absolute atomic E-state index is 13.0. The number of ether oxygens (including phenoxy) is 1. The van der Waals surface area contributed by atoms with E-state index in [1.807, 2.05) is 18.2 Å². The molecule has 0 fully saturated rings. The maximum atomic E-state index is 13.0. The molecule has 2 nitrogen and oxygen atoms in total. The summed E-state index contributed by atoms with van der Waals surface area (Å²) in [7, 11) is 0.135. The molecule has 0 saturated carbocycles. The first-order valence-electron chi connectivity index (χ1n) is 9.30. The van der Waals surface area contributed by atoms with Crippen molar-refractivity contribution < 1.29 is 9.53 Å². The van der Waals surface area contributed by atoms with Gasteiger partial charge in [-0.2, -0.15) is 0 Å². The monoisotopic (exact) mass is 377 g/mol. The van der Waals surface area contributed by atoms with E-state index in [4.69, 9.17) is 4.74 Å². The zero-order valence-corrected chi connectivity index (χ0v) is 19.1. The van der Waals surface area contributed by atoms with E-state index in [0.717, 1.165) is 46.3 Å². The fraction of sp³-hybridized carbons (Fsp3) is 0.435. The molecule has 2 rings (SSSR count). The topological polar surface area (TPSA) is 26.3 Å². The first kappa shape index (κ1) is 24.0.